The van der Waals surface area contributed by atoms with Crippen molar-refractivity contribution in [2.75, 3.05) is 12.4 Å². The van der Waals surface area contributed by atoms with Crippen molar-refractivity contribution in [2.24, 2.45) is 0 Å². The van der Waals surface area contributed by atoms with Gasteiger partial charge in [0.2, 0.25) is 0 Å². The fourth-order valence-electron chi connectivity index (χ4n) is 2.86. The molecule has 3 aromatic rings. The third-order valence-electron chi connectivity index (χ3n) is 4.39. The van der Waals surface area contributed by atoms with Gasteiger partial charge in [0.1, 0.15) is 18.1 Å². The Balaban J connectivity index is 1.34. The lowest BCUT2D eigenvalue weighted by Gasteiger charge is -2.11. The summed E-state index contributed by atoms with van der Waals surface area (Å²) in [4.78, 5) is 0. The zero-order valence-electron chi connectivity index (χ0n) is 15.6. The maximum atomic E-state index is 8.96. The molecule has 1 aromatic heterocycles. The van der Waals surface area contributed by atoms with Gasteiger partial charge in [-0.2, -0.15) is 5.26 Å². The van der Waals surface area contributed by atoms with Crippen LogP contribution in [0.5, 0.6) is 11.5 Å². The van der Waals surface area contributed by atoms with Crippen LogP contribution in [0.3, 0.4) is 0 Å². The summed E-state index contributed by atoms with van der Waals surface area (Å²) in [6.07, 6.45) is 2.25. The lowest BCUT2D eigenvalue weighted by molar-refractivity contribution is 0.288. The molecule has 0 saturated heterocycles. The molecule has 2 aromatic carbocycles. The molecule has 1 aliphatic rings. The number of ether oxygens (including phenoxy) is 2. The summed E-state index contributed by atoms with van der Waals surface area (Å²) in [5.41, 5.74) is 0.590. The fourth-order valence-corrected chi connectivity index (χ4v) is 3.89. The standard InChI is InChI=1S/C21H19ClN4O2S/c22-18-6-1-2-7-19(18)28-14-20-24-25-21(26(20)16-8-9-16)29-11-10-27-17-5-3-4-15(12-17)13-23/h1-7,12,16H,8-11,14H2. The smallest absolute Gasteiger partial charge is 0.191 e. The minimum absolute atomic E-state index is 0.325. The third kappa shape index (κ3) is 5.03. The van der Waals surface area contributed by atoms with E-state index in [2.05, 4.69) is 20.8 Å². The molecule has 0 N–H and O–H groups in total. The minimum Gasteiger partial charge on any atom is -0.493 e. The van der Waals surface area contributed by atoms with E-state index in [0.717, 1.165) is 29.6 Å². The van der Waals surface area contributed by atoms with E-state index in [1.807, 2.05) is 30.3 Å². The first-order valence-electron chi connectivity index (χ1n) is 9.31. The Hall–Kier alpha value is -2.69. The topological polar surface area (TPSA) is 73.0 Å². The molecule has 0 unspecified atom stereocenters. The van der Waals surface area contributed by atoms with E-state index in [4.69, 9.17) is 26.3 Å². The van der Waals surface area contributed by atoms with Crippen molar-refractivity contribution in [3.05, 3.63) is 64.9 Å². The van der Waals surface area contributed by atoms with Crippen molar-refractivity contribution in [2.45, 2.75) is 30.6 Å². The van der Waals surface area contributed by atoms with Crippen LogP contribution < -0.4 is 9.47 Å². The van der Waals surface area contributed by atoms with E-state index in [0.29, 0.717) is 41.3 Å². The number of thioether (sulfide) groups is 1. The van der Waals surface area contributed by atoms with E-state index in [1.165, 1.54) is 0 Å². The largest absolute Gasteiger partial charge is 0.493 e. The summed E-state index contributed by atoms with van der Waals surface area (Å²) < 4.78 is 13.8. The van der Waals surface area contributed by atoms with Gasteiger partial charge in [0.15, 0.2) is 11.0 Å². The average Bonchev–Trinajstić information content (AvgIpc) is 3.51. The van der Waals surface area contributed by atoms with Gasteiger partial charge >= 0.3 is 0 Å². The highest BCUT2D eigenvalue weighted by molar-refractivity contribution is 7.99. The molecule has 0 spiro atoms. The molecule has 1 aliphatic carbocycles. The van der Waals surface area contributed by atoms with Gasteiger partial charge in [0, 0.05) is 11.8 Å². The number of hydrogen-bond acceptors (Lipinski definition) is 6. The summed E-state index contributed by atoms with van der Waals surface area (Å²) >= 11 is 7.77. The number of nitrogens with zero attached hydrogens (tertiary/aromatic N) is 4. The van der Waals surface area contributed by atoms with E-state index < -0.39 is 0 Å². The summed E-state index contributed by atoms with van der Waals surface area (Å²) in [5, 5.41) is 19.1. The zero-order valence-corrected chi connectivity index (χ0v) is 17.2. The molecule has 0 radical (unpaired) electrons. The molecule has 1 fully saturated rings. The van der Waals surface area contributed by atoms with Crippen LogP contribution in [0.2, 0.25) is 5.02 Å². The lowest BCUT2D eigenvalue weighted by Crippen LogP contribution is -2.08. The van der Waals surface area contributed by atoms with Crippen LogP contribution in [0.1, 0.15) is 30.3 Å². The summed E-state index contributed by atoms with van der Waals surface area (Å²) in [7, 11) is 0. The van der Waals surface area contributed by atoms with Crippen molar-refractivity contribution < 1.29 is 9.47 Å². The Morgan fingerprint density at radius 1 is 1.14 bits per heavy atom. The lowest BCUT2D eigenvalue weighted by atomic mass is 10.2. The second-order valence-electron chi connectivity index (χ2n) is 6.56. The quantitative estimate of drug-likeness (QED) is 0.358. The predicted octanol–water partition coefficient (Wildman–Crippen LogP) is 4.89. The third-order valence-corrected chi connectivity index (χ3v) is 5.61. The number of nitriles is 1. The highest BCUT2D eigenvalue weighted by Gasteiger charge is 2.29. The van der Waals surface area contributed by atoms with Crippen LogP contribution in [0, 0.1) is 11.3 Å². The monoisotopic (exact) mass is 426 g/mol. The molecule has 4 rings (SSSR count). The molecule has 0 amide bonds. The van der Waals surface area contributed by atoms with Gasteiger partial charge in [-0.05, 0) is 43.2 Å². The zero-order chi connectivity index (χ0) is 20.1. The van der Waals surface area contributed by atoms with Crippen molar-refractivity contribution in [3.8, 4) is 17.6 Å². The Kier molecular flexibility index (Phi) is 6.23. The van der Waals surface area contributed by atoms with Crippen LogP contribution in [0.25, 0.3) is 0 Å². The van der Waals surface area contributed by atoms with Gasteiger partial charge in [-0.1, -0.05) is 41.6 Å². The Morgan fingerprint density at radius 3 is 2.79 bits per heavy atom. The SMILES string of the molecule is N#Cc1cccc(OCCSc2nnc(COc3ccccc3Cl)n2C2CC2)c1. The Labute approximate surface area is 178 Å². The molecule has 0 atom stereocenters. The van der Waals surface area contributed by atoms with Crippen molar-refractivity contribution in [1.29, 1.82) is 5.26 Å². The second-order valence-corrected chi connectivity index (χ2v) is 8.02. The van der Waals surface area contributed by atoms with Gasteiger partial charge < -0.3 is 14.0 Å². The first kappa shape index (κ1) is 19.6. The highest BCUT2D eigenvalue weighted by atomic mass is 35.5. The van der Waals surface area contributed by atoms with E-state index in [1.54, 1.807) is 30.0 Å². The van der Waals surface area contributed by atoms with Crippen LogP contribution >= 0.6 is 23.4 Å². The first-order chi connectivity index (χ1) is 14.2. The molecule has 29 heavy (non-hydrogen) atoms. The Bertz CT molecular complexity index is 1030. The van der Waals surface area contributed by atoms with Gasteiger partial charge in [-0.3, -0.25) is 0 Å². The maximum Gasteiger partial charge on any atom is 0.191 e. The van der Waals surface area contributed by atoms with Crippen molar-refractivity contribution in [1.82, 2.24) is 14.8 Å². The number of halogens is 1. The molecule has 0 aliphatic heterocycles. The molecule has 1 heterocycles. The van der Waals surface area contributed by atoms with E-state index in [-0.39, 0.29) is 0 Å². The maximum absolute atomic E-state index is 8.96. The normalized spacial score (nSPS) is 13.1. The van der Waals surface area contributed by atoms with Crippen LogP contribution in [0.4, 0.5) is 0 Å². The summed E-state index contributed by atoms with van der Waals surface area (Å²) in [6.45, 7) is 0.841. The van der Waals surface area contributed by atoms with Crippen LogP contribution in [0.15, 0.2) is 53.7 Å². The van der Waals surface area contributed by atoms with Gasteiger partial charge in [0.05, 0.1) is 23.3 Å². The molecular weight excluding hydrogens is 408 g/mol. The van der Waals surface area contributed by atoms with Crippen molar-refractivity contribution >= 4 is 23.4 Å². The predicted molar refractivity (Wildman–Crippen MR) is 111 cm³/mol. The first-order valence-corrected chi connectivity index (χ1v) is 10.7. The fraction of sp³-hybridized carbons (Fsp3) is 0.286. The van der Waals surface area contributed by atoms with Gasteiger partial charge in [-0.25, -0.2) is 0 Å². The van der Waals surface area contributed by atoms with Gasteiger partial charge in [0.25, 0.3) is 0 Å². The average molecular weight is 427 g/mol. The molecular formula is C21H19ClN4O2S. The summed E-state index contributed by atoms with van der Waals surface area (Å²) in [6, 6.07) is 17.1. The highest BCUT2D eigenvalue weighted by Crippen LogP contribution is 2.39. The van der Waals surface area contributed by atoms with Crippen molar-refractivity contribution in [3.63, 3.8) is 0 Å². The molecule has 8 heteroatoms. The van der Waals surface area contributed by atoms with E-state index >= 15 is 0 Å². The molecule has 1 saturated carbocycles. The second kappa shape index (κ2) is 9.21. The van der Waals surface area contributed by atoms with Crippen LogP contribution in [-0.2, 0) is 6.61 Å². The number of aromatic nitrogens is 3. The van der Waals surface area contributed by atoms with Crippen LogP contribution in [-0.4, -0.2) is 27.1 Å². The number of rotatable bonds is 9. The minimum atomic E-state index is 0.325. The molecule has 148 valence electrons. The summed E-state index contributed by atoms with van der Waals surface area (Å²) in [5.74, 6) is 2.87. The molecule has 6 nitrogen and oxygen atoms in total. The number of benzene rings is 2. The van der Waals surface area contributed by atoms with Gasteiger partial charge in [-0.15, -0.1) is 10.2 Å². The molecule has 0 bridgehead atoms. The number of para-hydroxylation sites is 1. The Morgan fingerprint density at radius 2 is 2.00 bits per heavy atom. The van der Waals surface area contributed by atoms with E-state index in [9.17, 15) is 0 Å². The number of hydrogen-bond donors (Lipinski definition) is 0.